The maximum Gasteiger partial charge on any atom is 0.161 e. The minimum atomic E-state index is -0.284. The number of carbonyl (C=O) groups excluding carboxylic acids is 1. The number of Topliss-reactive ketones (excluding diaryl/α,β-unsaturated/α-hetero) is 1. The van der Waals surface area contributed by atoms with Crippen LogP contribution in [0.3, 0.4) is 0 Å². The van der Waals surface area contributed by atoms with Crippen molar-refractivity contribution in [1.82, 2.24) is 0 Å². The number of rotatable bonds is 12. The third-order valence-corrected chi connectivity index (χ3v) is 9.20. The van der Waals surface area contributed by atoms with E-state index in [1.54, 1.807) is 0 Å². The molecule has 1 aliphatic carbocycles. The van der Waals surface area contributed by atoms with E-state index in [2.05, 4.69) is 142 Å². The molecule has 2 nitrogen and oxygen atoms in total. The second-order valence-electron chi connectivity index (χ2n) is 16.0. The molecular weight excluding hydrogens is 609 g/mol. The standard InChI is InChI=1S/C27H32.C12H24O2.C5H12.C4H6/c1-19-18-22(20-8-13-23(14-9-20)26(2,3)4)12-17-25(19)21-10-15-24(16-11-21)27(5,6)7;1-3-5-6-7-8-9-11(4-2)12(14)10-13;1-4-5(2)3;1-3-4-2/h8-17H,1,18H2,2-7H3;11,13H,3-10H2,1-2H3;5H,4H2,1-3H3;1H,4H2,2H3. The second-order valence-corrected chi connectivity index (χ2v) is 16.0. The van der Waals surface area contributed by atoms with Gasteiger partial charge in [-0.25, -0.2) is 0 Å². The first-order chi connectivity index (χ1) is 23.5. The fourth-order valence-electron chi connectivity index (χ4n) is 5.23. The van der Waals surface area contributed by atoms with Gasteiger partial charge in [0.2, 0.25) is 0 Å². The number of allylic oxidation sites excluding steroid dienone is 5. The Bertz CT molecular complexity index is 1330. The predicted octanol–water partition coefficient (Wildman–Crippen LogP) is 13.7. The van der Waals surface area contributed by atoms with E-state index >= 15 is 0 Å². The smallest absolute Gasteiger partial charge is 0.161 e. The first-order valence-electron chi connectivity index (χ1n) is 19.4. The first kappa shape index (κ1) is 46.9. The Hall–Kier alpha value is -3.15. The van der Waals surface area contributed by atoms with Gasteiger partial charge in [-0.15, -0.1) is 12.3 Å². The molecule has 1 N–H and O–H groups in total. The summed E-state index contributed by atoms with van der Waals surface area (Å²) in [5.74, 6) is 3.43. The summed E-state index contributed by atoms with van der Waals surface area (Å²) in [6.07, 6.45) is 20.3. The molecule has 0 saturated heterocycles. The molecule has 3 rings (SSSR count). The van der Waals surface area contributed by atoms with E-state index in [1.165, 1.54) is 71.1 Å². The van der Waals surface area contributed by atoms with Crippen molar-refractivity contribution in [2.45, 2.75) is 158 Å². The highest BCUT2D eigenvalue weighted by Crippen LogP contribution is 2.36. The Labute approximate surface area is 310 Å². The first-order valence-corrected chi connectivity index (χ1v) is 19.4. The summed E-state index contributed by atoms with van der Waals surface area (Å²) >= 11 is 0. The molecule has 2 aromatic rings. The van der Waals surface area contributed by atoms with Gasteiger partial charge in [0.05, 0.1) is 0 Å². The number of hydrogen-bond donors (Lipinski definition) is 1. The van der Waals surface area contributed by atoms with E-state index in [-0.39, 0.29) is 29.1 Å². The highest BCUT2D eigenvalue weighted by atomic mass is 16.3. The Balaban J connectivity index is 0.000000870. The van der Waals surface area contributed by atoms with Gasteiger partial charge in [0.15, 0.2) is 5.78 Å². The van der Waals surface area contributed by atoms with Crippen LogP contribution in [0.5, 0.6) is 0 Å². The summed E-state index contributed by atoms with van der Waals surface area (Å²) in [5.41, 5.74) is 9.45. The quantitative estimate of drug-likeness (QED) is 0.179. The number of carbonyl (C=O) groups is 1. The molecule has 0 amide bonds. The van der Waals surface area contributed by atoms with Gasteiger partial charge in [0.25, 0.3) is 0 Å². The molecule has 0 aliphatic heterocycles. The third-order valence-electron chi connectivity index (χ3n) is 9.20. The van der Waals surface area contributed by atoms with Gasteiger partial charge >= 0.3 is 0 Å². The van der Waals surface area contributed by atoms with Gasteiger partial charge in [-0.2, -0.15) is 0 Å². The van der Waals surface area contributed by atoms with Gasteiger partial charge in [-0.05, 0) is 75.0 Å². The molecule has 278 valence electrons. The highest BCUT2D eigenvalue weighted by molar-refractivity contribution is 5.88. The van der Waals surface area contributed by atoms with Crippen molar-refractivity contribution < 1.29 is 9.90 Å². The van der Waals surface area contributed by atoms with Crippen LogP contribution >= 0.6 is 0 Å². The van der Waals surface area contributed by atoms with Gasteiger partial charge in [0, 0.05) is 12.3 Å². The molecule has 1 unspecified atom stereocenters. The Morgan fingerprint density at radius 3 is 1.60 bits per heavy atom. The van der Waals surface area contributed by atoms with Gasteiger partial charge < -0.3 is 5.11 Å². The summed E-state index contributed by atoms with van der Waals surface area (Å²) in [7, 11) is 0. The number of aliphatic hydroxyl groups is 1. The number of hydrogen-bond acceptors (Lipinski definition) is 2. The maximum absolute atomic E-state index is 11.2. The lowest BCUT2D eigenvalue weighted by Gasteiger charge is -2.22. The van der Waals surface area contributed by atoms with Crippen molar-refractivity contribution in [3.63, 3.8) is 0 Å². The number of benzene rings is 2. The molecule has 50 heavy (non-hydrogen) atoms. The Morgan fingerprint density at radius 2 is 1.24 bits per heavy atom. The van der Waals surface area contributed by atoms with E-state index in [4.69, 9.17) is 11.5 Å². The average Bonchev–Trinajstić information content (AvgIpc) is 3.09. The molecule has 1 atom stereocenters. The predicted molar refractivity (Wildman–Crippen MR) is 223 cm³/mol. The minimum absolute atomic E-state index is 0.0167. The number of terminal acetylenes is 1. The molecular formula is C48H74O2. The monoisotopic (exact) mass is 683 g/mol. The van der Waals surface area contributed by atoms with Gasteiger partial charge in [0.1, 0.15) is 6.61 Å². The third kappa shape index (κ3) is 18.7. The van der Waals surface area contributed by atoms with Crippen molar-refractivity contribution in [2.24, 2.45) is 11.8 Å². The zero-order valence-corrected chi connectivity index (χ0v) is 34.3. The number of aliphatic hydroxyl groups excluding tert-OH is 1. The molecule has 0 saturated carbocycles. The van der Waals surface area contributed by atoms with Crippen LogP contribution in [0, 0.1) is 24.2 Å². The number of ketones is 1. The van der Waals surface area contributed by atoms with Crippen molar-refractivity contribution in [2.75, 3.05) is 6.61 Å². The average molecular weight is 683 g/mol. The van der Waals surface area contributed by atoms with Crippen molar-refractivity contribution in [3.05, 3.63) is 95.1 Å². The van der Waals surface area contributed by atoms with Gasteiger partial charge in [-0.3, -0.25) is 4.79 Å². The summed E-state index contributed by atoms with van der Waals surface area (Å²) in [6, 6.07) is 17.9. The van der Waals surface area contributed by atoms with Crippen LogP contribution in [0.4, 0.5) is 0 Å². The van der Waals surface area contributed by atoms with E-state index < -0.39 is 0 Å². The zero-order valence-electron chi connectivity index (χ0n) is 34.3. The number of unbranched alkanes of at least 4 members (excludes halogenated alkanes) is 4. The fourth-order valence-corrected chi connectivity index (χ4v) is 5.23. The van der Waals surface area contributed by atoms with Crippen LogP contribution < -0.4 is 0 Å². The van der Waals surface area contributed by atoms with Crippen LogP contribution in [0.1, 0.15) is 170 Å². The van der Waals surface area contributed by atoms with Crippen molar-refractivity contribution >= 4 is 16.9 Å². The molecule has 0 radical (unpaired) electrons. The maximum atomic E-state index is 11.2. The molecule has 1 aliphatic rings. The summed E-state index contributed by atoms with van der Waals surface area (Å²) in [5, 5.41) is 8.73. The molecule has 0 heterocycles. The van der Waals surface area contributed by atoms with E-state index in [0.29, 0.717) is 0 Å². The zero-order chi connectivity index (χ0) is 38.3. The molecule has 0 bridgehead atoms. The molecule has 0 spiro atoms. The van der Waals surface area contributed by atoms with Gasteiger partial charge in [-0.1, -0.05) is 189 Å². The van der Waals surface area contributed by atoms with Crippen LogP contribution in [-0.4, -0.2) is 17.5 Å². The van der Waals surface area contributed by atoms with Crippen molar-refractivity contribution in [1.29, 1.82) is 0 Å². The molecule has 2 aromatic carbocycles. The normalized spacial score (nSPS) is 13.3. The lowest BCUT2D eigenvalue weighted by molar-refractivity contribution is -0.126. The van der Waals surface area contributed by atoms with Crippen LogP contribution in [-0.2, 0) is 15.6 Å². The van der Waals surface area contributed by atoms with Crippen LogP contribution in [0.15, 0.2) is 72.8 Å². The summed E-state index contributed by atoms with van der Waals surface area (Å²) in [6.45, 7) is 30.4. The lowest BCUT2D eigenvalue weighted by Crippen LogP contribution is -2.17. The molecule has 0 aromatic heterocycles. The lowest BCUT2D eigenvalue weighted by atomic mass is 9.82. The van der Waals surface area contributed by atoms with Crippen LogP contribution in [0.2, 0.25) is 0 Å². The van der Waals surface area contributed by atoms with E-state index in [9.17, 15) is 4.79 Å². The minimum Gasteiger partial charge on any atom is -0.389 e. The van der Waals surface area contributed by atoms with Crippen LogP contribution in [0.25, 0.3) is 11.1 Å². The second kappa shape index (κ2) is 24.9. The molecule has 0 fully saturated rings. The largest absolute Gasteiger partial charge is 0.389 e. The fraction of sp³-hybridized carbons (Fsp3) is 0.562. The Morgan fingerprint density at radius 1 is 0.780 bits per heavy atom. The van der Waals surface area contributed by atoms with Crippen molar-refractivity contribution in [3.8, 4) is 12.3 Å². The van der Waals surface area contributed by atoms with E-state index in [1.807, 2.05) is 13.8 Å². The van der Waals surface area contributed by atoms with E-state index in [0.717, 1.165) is 38.0 Å². The molecule has 2 heteroatoms. The SMILES string of the molecule is C#CCC.C=C1CC(c2ccc(C(C)(C)C)cc2)=CC=C1c1ccc(C(C)(C)C)cc1.CCC(C)C.CCCCCCCC(CC)C(=O)CO. The summed E-state index contributed by atoms with van der Waals surface area (Å²) in [4.78, 5) is 11.2. The summed E-state index contributed by atoms with van der Waals surface area (Å²) < 4.78 is 0. The highest BCUT2D eigenvalue weighted by Gasteiger charge is 2.18. The Kier molecular flexibility index (Phi) is 23.3. The topological polar surface area (TPSA) is 37.3 Å².